The zero-order valence-electron chi connectivity index (χ0n) is 8.42. The average Bonchev–Trinajstić information content (AvgIpc) is 2.25. The Kier molecular flexibility index (Phi) is 3.20. The molecule has 4 heteroatoms. The molecule has 0 spiro atoms. The van der Waals surface area contributed by atoms with Gasteiger partial charge in [-0.1, -0.05) is 48.5 Å². The van der Waals surface area contributed by atoms with Crippen LogP contribution in [0.15, 0.2) is 48.5 Å². The van der Waals surface area contributed by atoms with Gasteiger partial charge in [-0.05, 0) is 22.3 Å². The highest BCUT2D eigenvalue weighted by Crippen LogP contribution is 2.46. The van der Waals surface area contributed by atoms with E-state index in [1.54, 1.807) is 0 Å². The lowest BCUT2D eigenvalue weighted by atomic mass is 9.81. The second kappa shape index (κ2) is 4.62. The van der Waals surface area contributed by atoms with Crippen LogP contribution in [0.5, 0.6) is 0 Å². The molecular weight excluding hydrogens is 223 g/mol. The molecular formula is C12H11O3P. The van der Waals surface area contributed by atoms with E-state index in [9.17, 15) is 0 Å². The molecule has 82 valence electrons. The summed E-state index contributed by atoms with van der Waals surface area (Å²) < 4.78 is 8.74. The maximum atomic E-state index is 8.74. The highest BCUT2D eigenvalue weighted by atomic mass is 31.1. The van der Waals surface area contributed by atoms with Crippen LogP contribution in [0.1, 0.15) is 0 Å². The van der Waals surface area contributed by atoms with Gasteiger partial charge >= 0.3 is 8.25 Å². The van der Waals surface area contributed by atoms with Gasteiger partial charge in [-0.2, -0.15) is 0 Å². The molecule has 0 aliphatic heterocycles. The summed E-state index contributed by atoms with van der Waals surface area (Å²) in [4.78, 5) is 14.3. The van der Waals surface area contributed by atoms with E-state index < -0.39 is 8.25 Å². The first-order valence-electron chi connectivity index (χ1n) is 4.81. The van der Waals surface area contributed by atoms with Gasteiger partial charge in [0.05, 0.1) is 0 Å². The van der Waals surface area contributed by atoms with Gasteiger partial charge < -0.3 is 9.79 Å². The molecule has 0 atom stereocenters. The van der Waals surface area contributed by atoms with Crippen LogP contribution in [0.3, 0.4) is 0 Å². The topological polar surface area (TPSA) is 57.5 Å². The molecule has 2 aromatic carbocycles. The lowest BCUT2D eigenvalue weighted by Crippen LogP contribution is -1.96. The van der Waals surface area contributed by atoms with Crippen LogP contribution in [0.2, 0.25) is 0 Å². The third-order valence-electron chi connectivity index (χ3n) is 2.43. The van der Waals surface area contributed by atoms with Crippen molar-refractivity contribution in [1.82, 2.24) is 0 Å². The second-order valence-corrected chi connectivity index (χ2v) is 3.94. The number of hydrogen-bond donors (Lipinski definition) is 2. The Labute approximate surface area is 94.0 Å². The first-order valence-corrected chi connectivity index (χ1v) is 6.11. The molecule has 3 nitrogen and oxygen atoms in total. The maximum Gasteiger partial charge on any atom is 0.314 e. The average molecular weight is 234 g/mol. The predicted octanol–water partition coefficient (Wildman–Crippen LogP) is 2.69. The zero-order valence-corrected chi connectivity index (χ0v) is 9.42. The van der Waals surface area contributed by atoms with E-state index in [1.165, 1.54) is 22.3 Å². The fourth-order valence-electron chi connectivity index (χ4n) is 1.84. The minimum atomic E-state index is -3.13. The van der Waals surface area contributed by atoms with E-state index >= 15 is 0 Å². The van der Waals surface area contributed by atoms with Gasteiger partial charge in [0.1, 0.15) is 0 Å². The smallest absolute Gasteiger partial charge is 0.314 e. The largest absolute Gasteiger partial charge is 0.326 e. The third-order valence-corrected chi connectivity index (χ3v) is 2.43. The Morgan fingerprint density at radius 1 is 0.688 bits per heavy atom. The Bertz CT molecular complexity index is 433. The van der Waals surface area contributed by atoms with Gasteiger partial charge in [-0.3, -0.25) is 4.57 Å². The molecule has 2 aromatic rings. The van der Waals surface area contributed by atoms with Crippen molar-refractivity contribution in [3.05, 3.63) is 48.5 Å². The van der Waals surface area contributed by atoms with Crippen LogP contribution in [0, 0.1) is 0 Å². The van der Waals surface area contributed by atoms with Gasteiger partial charge in [0, 0.05) is 0 Å². The van der Waals surface area contributed by atoms with Crippen molar-refractivity contribution in [2.75, 3.05) is 0 Å². The van der Waals surface area contributed by atoms with E-state index in [0.29, 0.717) is 0 Å². The number of fused-ring (bicyclic) bond motifs is 4. The van der Waals surface area contributed by atoms with E-state index in [2.05, 4.69) is 48.5 Å². The Hall–Kier alpha value is -1.41. The highest BCUT2D eigenvalue weighted by Gasteiger charge is 2.19. The molecule has 0 heterocycles. The monoisotopic (exact) mass is 234 g/mol. The standard InChI is InChI=1S/C12H8.H3O3P/c1-2-6-10-9(5-1)11-7-3-4-8-12(10)11;1-4(2)3/h1-8H;4H,(H2,1,2,3). The van der Waals surface area contributed by atoms with Crippen LogP contribution in [-0.4, -0.2) is 9.79 Å². The summed E-state index contributed by atoms with van der Waals surface area (Å²) in [6, 6.07) is 17.1. The van der Waals surface area contributed by atoms with E-state index in [1.807, 2.05) is 0 Å². The third kappa shape index (κ3) is 2.07. The molecule has 0 aromatic heterocycles. The van der Waals surface area contributed by atoms with Crippen molar-refractivity contribution >= 4 is 8.25 Å². The van der Waals surface area contributed by atoms with Crippen LogP contribution in [-0.2, 0) is 4.57 Å². The van der Waals surface area contributed by atoms with Gasteiger partial charge in [0.2, 0.25) is 0 Å². The molecule has 0 radical (unpaired) electrons. The molecule has 1 aliphatic rings. The Morgan fingerprint density at radius 2 is 0.875 bits per heavy atom. The van der Waals surface area contributed by atoms with Crippen molar-refractivity contribution in [2.45, 2.75) is 0 Å². The predicted molar refractivity (Wildman–Crippen MR) is 64.3 cm³/mol. The number of benzene rings is 2. The molecule has 0 saturated heterocycles. The minimum Gasteiger partial charge on any atom is -0.326 e. The fraction of sp³-hybridized carbons (Fsp3) is 0. The van der Waals surface area contributed by atoms with Crippen molar-refractivity contribution in [3.8, 4) is 22.3 Å². The summed E-state index contributed by atoms with van der Waals surface area (Å²) in [5.74, 6) is 0. The van der Waals surface area contributed by atoms with Gasteiger partial charge in [0.15, 0.2) is 0 Å². The molecule has 0 fully saturated rings. The Balaban J connectivity index is 0.000000212. The molecule has 0 unspecified atom stereocenters. The second-order valence-electron chi connectivity index (χ2n) is 3.37. The van der Waals surface area contributed by atoms with Crippen molar-refractivity contribution < 1.29 is 14.4 Å². The van der Waals surface area contributed by atoms with E-state index in [-0.39, 0.29) is 0 Å². The molecule has 0 saturated carbocycles. The van der Waals surface area contributed by atoms with Crippen LogP contribution in [0.25, 0.3) is 22.3 Å². The summed E-state index contributed by atoms with van der Waals surface area (Å²) in [5.41, 5.74) is 5.59. The van der Waals surface area contributed by atoms with Gasteiger partial charge in [-0.15, -0.1) is 0 Å². The van der Waals surface area contributed by atoms with Gasteiger partial charge in [-0.25, -0.2) is 0 Å². The van der Waals surface area contributed by atoms with E-state index in [0.717, 1.165) is 0 Å². The van der Waals surface area contributed by atoms with Crippen LogP contribution < -0.4 is 0 Å². The normalized spacial score (nSPS) is 10.7. The summed E-state index contributed by atoms with van der Waals surface area (Å²) in [6.45, 7) is 0. The zero-order chi connectivity index (χ0) is 11.5. The minimum absolute atomic E-state index is 1.40. The molecule has 3 rings (SSSR count). The van der Waals surface area contributed by atoms with E-state index in [4.69, 9.17) is 14.4 Å². The molecule has 1 aliphatic carbocycles. The summed E-state index contributed by atoms with van der Waals surface area (Å²) in [5, 5.41) is 0. The summed E-state index contributed by atoms with van der Waals surface area (Å²) in [7, 11) is -3.13. The number of hydrogen-bond acceptors (Lipinski definition) is 1. The fourth-order valence-corrected chi connectivity index (χ4v) is 1.84. The first-order chi connectivity index (χ1) is 7.70. The molecule has 0 amide bonds. The highest BCUT2D eigenvalue weighted by molar-refractivity contribution is 7.30. The SMILES string of the molecule is O=[PH](O)O.c1ccc2c(c1)-c1ccccc1-2. The van der Waals surface area contributed by atoms with Crippen LogP contribution >= 0.6 is 8.25 Å². The summed E-state index contributed by atoms with van der Waals surface area (Å²) in [6.07, 6.45) is 0. The maximum absolute atomic E-state index is 8.74. The molecule has 2 N–H and O–H groups in total. The summed E-state index contributed by atoms with van der Waals surface area (Å²) >= 11 is 0. The van der Waals surface area contributed by atoms with Crippen LogP contribution in [0.4, 0.5) is 0 Å². The lowest BCUT2D eigenvalue weighted by molar-refractivity contribution is 0.405. The quantitative estimate of drug-likeness (QED) is 0.588. The first kappa shape index (κ1) is 11.1. The Morgan fingerprint density at radius 3 is 1.06 bits per heavy atom. The van der Waals surface area contributed by atoms with Gasteiger partial charge in [0.25, 0.3) is 0 Å². The van der Waals surface area contributed by atoms with Crippen molar-refractivity contribution in [3.63, 3.8) is 0 Å². The number of rotatable bonds is 0. The van der Waals surface area contributed by atoms with Crippen molar-refractivity contribution in [2.24, 2.45) is 0 Å². The lowest BCUT2D eigenvalue weighted by Gasteiger charge is -2.22. The molecule has 16 heavy (non-hydrogen) atoms. The molecule has 0 bridgehead atoms. The van der Waals surface area contributed by atoms with Crippen molar-refractivity contribution in [1.29, 1.82) is 0 Å².